The van der Waals surface area contributed by atoms with Gasteiger partial charge < -0.3 is 110 Å². The van der Waals surface area contributed by atoms with E-state index in [4.69, 9.17) is 51.6 Å². The maximum Gasteiger partial charge on any atom is 0.245 e. The lowest BCUT2D eigenvalue weighted by atomic mass is 10.00. The molecule has 4 rings (SSSR count). The smallest absolute Gasteiger partial charge is 0.245 e. The Morgan fingerprint density at radius 2 is 0.698 bits per heavy atom. The number of guanidine groups is 4. The van der Waals surface area contributed by atoms with Gasteiger partial charge in [0.05, 0.1) is 0 Å². The normalized spacial score (nSPS) is 15.2. The number of nitrogens with zero attached hydrogens (tertiary/aromatic N) is 5. The molecular formula is C70H108N24O12. The minimum Gasteiger partial charge on any atom is -0.370 e. The Morgan fingerprint density at radius 3 is 1.05 bits per heavy atom. The van der Waals surface area contributed by atoms with Crippen molar-refractivity contribution in [3.63, 3.8) is 0 Å². The van der Waals surface area contributed by atoms with Gasteiger partial charge in [0.15, 0.2) is 23.8 Å². The number of hydrogen-bond donors (Lipinski definition) is 19. The van der Waals surface area contributed by atoms with Crippen LogP contribution in [0, 0.1) is 5.92 Å². The first-order chi connectivity index (χ1) is 50.3. The summed E-state index contributed by atoms with van der Waals surface area (Å²) in [6.07, 6.45) is 0.533. The second kappa shape index (κ2) is 45.5. The fourth-order valence-electron chi connectivity index (χ4n) is 11.4. The van der Waals surface area contributed by atoms with Crippen LogP contribution in [0.15, 0.2) is 111 Å². The number of aliphatic imine (C=N–C) groups is 4. The molecule has 0 aliphatic carbocycles. The summed E-state index contributed by atoms with van der Waals surface area (Å²) in [5, 5.41) is 27.0. The molecule has 0 bridgehead atoms. The van der Waals surface area contributed by atoms with Crippen LogP contribution >= 0.6 is 0 Å². The van der Waals surface area contributed by atoms with Gasteiger partial charge in [-0.05, 0) is 107 Å². The Morgan fingerprint density at radius 1 is 0.387 bits per heavy atom. The topological polar surface area (TPSA) is 612 Å². The quantitative estimate of drug-likeness (QED) is 0.0144. The van der Waals surface area contributed by atoms with Gasteiger partial charge in [-0.2, -0.15) is 0 Å². The van der Waals surface area contributed by atoms with E-state index in [0.717, 1.165) is 5.56 Å². The zero-order chi connectivity index (χ0) is 78.4. The third kappa shape index (κ3) is 32.4. The van der Waals surface area contributed by atoms with E-state index in [1.165, 1.54) is 25.7 Å². The SMILES string of the molecule is CC(=O)N[C@@H](Cc1ccccc1)C(=O)N[C@@H](Cc1ccccc1)C(=O)N[C@@H](Cc1ccccc1)C(=O)N[C@@H](CCCN=C(N)N)C(=O)N[C@@H](CC(C)C)C(=O)N[C@@H](CCCN=C(N)N)C(=O)N[C@@H](CCCN=C(N)N)C(=O)N[C@H](C)C(=O)N[C@@H](CCCN=C(N)N)C(=O)N1CCC[C@H]1C(=O)N[C@@H](C)C(N)=O. The van der Waals surface area contributed by atoms with Gasteiger partial charge in [0.2, 0.25) is 70.9 Å². The third-order valence-electron chi connectivity index (χ3n) is 16.8. The predicted molar refractivity (Wildman–Crippen MR) is 400 cm³/mol. The number of rotatable bonds is 45. The van der Waals surface area contributed by atoms with E-state index in [9.17, 15) is 57.5 Å². The second-order valence-electron chi connectivity index (χ2n) is 26.2. The highest BCUT2D eigenvalue weighted by atomic mass is 16.2. The Labute approximate surface area is 616 Å². The second-order valence-corrected chi connectivity index (χ2v) is 26.2. The van der Waals surface area contributed by atoms with Crippen molar-refractivity contribution in [1.29, 1.82) is 0 Å². The van der Waals surface area contributed by atoms with Gasteiger partial charge >= 0.3 is 0 Å². The van der Waals surface area contributed by atoms with Crippen LogP contribution < -0.4 is 105 Å². The van der Waals surface area contributed by atoms with Gasteiger partial charge in [0.1, 0.15) is 66.5 Å². The summed E-state index contributed by atoms with van der Waals surface area (Å²) in [6.45, 7) is 7.68. The number of nitrogens with one attached hydrogen (secondary N) is 10. The van der Waals surface area contributed by atoms with E-state index in [-0.39, 0.29) is 146 Å². The maximum absolute atomic E-state index is 15.0. The highest BCUT2D eigenvalue weighted by Crippen LogP contribution is 2.21. The van der Waals surface area contributed by atoms with Crippen molar-refractivity contribution in [1.82, 2.24) is 58.1 Å². The summed E-state index contributed by atoms with van der Waals surface area (Å²) >= 11 is 0. The van der Waals surface area contributed by atoms with E-state index in [0.29, 0.717) is 17.5 Å². The van der Waals surface area contributed by atoms with Crippen LogP contribution in [-0.4, -0.2) is 199 Å². The van der Waals surface area contributed by atoms with Crippen LogP contribution in [-0.2, 0) is 76.8 Å². The molecular weight excluding hydrogens is 1370 g/mol. The van der Waals surface area contributed by atoms with Gasteiger partial charge in [-0.1, -0.05) is 105 Å². The number of benzene rings is 3. The van der Waals surface area contributed by atoms with Crippen molar-refractivity contribution in [3.8, 4) is 0 Å². The molecule has 36 nitrogen and oxygen atoms in total. The lowest BCUT2D eigenvalue weighted by Crippen LogP contribution is -2.61. The van der Waals surface area contributed by atoms with E-state index >= 15 is 0 Å². The molecule has 0 saturated carbocycles. The zero-order valence-corrected chi connectivity index (χ0v) is 60.9. The monoisotopic (exact) mass is 1480 g/mol. The van der Waals surface area contributed by atoms with E-state index in [1.807, 2.05) is 0 Å². The average Bonchev–Trinajstić information content (AvgIpc) is 1.53. The highest BCUT2D eigenvalue weighted by molar-refractivity contribution is 5.99. The molecule has 11 atom stereocenters. The number of carbonyl (C=O) groups excluding carboxylic acids is 12. The summed E-state index contributed by atoms with van der Waals surface area (Å²) in [5.74, 6) is -10.6. The first-order valence-electron chi connectivity index (χ1n) is 35.3. The van der Waals surface area contributed by atoms with E-state index in [2.05, 4.69) is 73.1 Å². The number of nitrogens with two attached hydrogens (primary N) is 9. The van der Waals surface area contributed by atoms with Crippen LogP contribution in [0.25, 0.3) is 0 Å². The standard InChI is InChI=1S/C70H108N24O12/c1-40(2)36-51(91-60(100)49(28-17-33-82-69(76)77)89-63(103)53(38-45-22-11-7-12-23-45)93-64(104)54(39-46-24-13-8-14-25-46)92-62(102)52(86-43(5)95)37-44-20-9-6-10-21-44)61(101)88-48(27-16-32-81-68(74)75)59(99)87-47(26-15-31-80-67(72)73)58(98)85-42(4)57(97)90-50(29-18-34-83-70(78)79)66(106)94-35-19-30-55(94)65(105)84-41(3)56(71)96/h6-14,20-25,40-42,47-55H,15-19,26-39H2,1-5H3,(H2,71,96)(H,84,105)(H,85,98)(H,86,95)(H,87,99)(H,88,101)(H,89,103)(H,90,97)(H,91,100)(H,92,102)(H,93,104)(H4,72,73,80)(H4,74,75,81)(H4,76,77,82)(H4,78,79,83)/t41-,42+,47-,48-,49-,50-,51-,52-,53-,54-,55-/m0/s1. The van der Waals surface area contributed by atoms with Crippen LogP contribution in [0.4, 0.5) is 0 Å². The van der Waals surface area contributed by atoms with Crippen LogP contribution in [0.3, 0.4) is 0 Å². The molecule has 580 valence electrons. The lowest BCUT2D eigenvalue weighted by molar-refractivity contribution is -0.142. The Hall–Kier alpha value is -11.6. The van der Waals surface area contributed by atoms with Crippen molar-refractivity contribution < 1.29 is 57.5 Å². The minimum absolute atomic E-state index is 0.00324. The molecule has 1 saturated heterocycles. The Balaban J connectivity index is 1.67. The first kappa shape index (κ1) is 86.8. The molecule has 3 aromatic rings. The fourth-order valence-corrected chi connectivity index (χ4v) is 11.4. The Bertz CT molecular complexity index is 3530. The molecule has 1 fully saturated rings. The van der Waals surface area contributed by atoms with Crippen molar-refractivity contribution >= 4 is 94.7 Å². The molecule has 0 spiro atoms. The number of primary amides is 1. The first-order valence-corrected chi connectivity index (χ1v) is 35.3. The average molecular weight is 1480 g/mol. The van der Waals surface area contributed by atoms with Gasteiger partial charge in [-0.15, -0.1) is 0 Å². The molecule has 1 aliphatic heterocycles. The lowest BCUT2D eigenvalue weighted by Gasteiger charge is -2.30. The van der Waals surface area contributed by atoms with E-state index < -0.39 is 137 Å². The van der Waals surface area contributed by atoms with Crippen LogP contribution in [0.1, 0.15) is 122 Å². The largest absolute Gasteiger partial charge is 0.370 e. The van der Waals surface area contributed by atoms with Gasteiger partial charge in [-0.25, -0.2) is 0 Å². The summed E-state index contributed by atoms with van der Waals surface area (Å²) in [6, 6.07) is 12.1. The summed E-state index contributed by atoms with van der Waals surface area (Å²) in [5.41, 5.74) is 52.2. The molecule has 12 amide bonds. The molecule has 0 radical (unpaired) electrons. The summed E-state index contributed by atoms with van der Waals surface area (Å²) in [4.78, 5) is 186. The highest BCUT2D eigenvalue weighted by Gasteiger charge is 2.40. The number of carbonyl (C=O) groups is 12. The zero-order valence-electron chi connectivity index (χ0n) is 60.9. The Kier molecular flexibility index (Phi) is 37.2. The summed E-state index contributed by atoms with van der Waals surface area (Å²) in [7, 11) is 0. The van der Waals surface area contributed by atoms with Crippen molar-refractivity contribution in [2.45, 2.75) is 191 Å². The predicted octanol–water partition coefficient (Wildman–Crippen LogP) is -4.64. The maximum atomic E-state index is 15.0. The van der Waals surface area contributed by atoms with Gasteiger partial charge in [-0.3, -0.25) is 77.5 Å². The molecule has 1 aliphatic rings. The van der Waals surface area contributed by atoms with Gasteiger partial charge in [0, 0.05) is 58.9 Å². The van der Waals surface area contributed by atoms with E-state index in [1.54, 1.807) is 105 Å². The molecule has 3 aromatic carbocycles. The number of hydrogen-bond acceptors (Lipinski definition) is 16. The van der Waals surface area contributed by atoms with Crippen molar-refractivity contribution in [2.75, 3.05) is 32.7 Å². The number of amides is 12. The number of likely N-dealkylation sites (tertiary alicyclic amines) is 1. The van der Waals surface area contributed by atoms with Crippen molar-refractivity contribution in [3.05, 3.63) is 108 Å². The molecule has 1 heterocycles. The fraction of sp³-hybridized carbons (Fsp3) is 0.514. The van der Waals surface area contributed by atoms with Gasteiger partial charge in [0.25, 0.3) is 0 Å². The summed E-state index contributed by atoms with van der Waals surface area (Å²) < 4.78 is 0. The molecule has 0 unspecified atom stereocenters. The van der Waals surface area contributed by atoms with Crippen LogP contribution in [0.5, 0.6) is 0 Å². The molecule has 28 N–H and O–H groups in total. The molecule has 106 heavy (non-hydrogen) atoms. The minimum atomic E-state index is -1.48. The van der Waals surface area contributed by atoms with Crippen LogP contribution in [0.2, 0.25) is 0 Å². The third-order valence-corrected chi connectivity index (χ3v) is 16.8. The van der Waals surface area contributed by atoms with Crippen molar-refractivity contribution in [2.24, 2.45) is 77.5 Å². The molecule has 0 aromatic heterocycles. The molecule has 36 heteroatoms.